The number of nitrogen functional groups attached to an aromatic ring is 1. The number of nitrogens with two attached hydrogens (primary N) is 1. The van der Waals surface area contributed by atoms with Gasteiger partial charge in [0.1, 0.15) is 0 Å². The van der Waals surface area contributed by atoms with Gasteiger partial charge < -0.3 is 11.1 Å². The summed E-state index contributed by atoms with van der Waals surface area (Å²) in [7, 11) is 0. The van der Waals surface area contributed by atoms with E-state index >= 15 is 0 Å². The molecule has 1 atom stereocenters. The Hall–Kier alpha value is -1.69. The maximum absolute atomic E-state index is 12.8. The fourth-order valence-electron chi connectivity index (χ4n) is 1.98. The van der Waals surface area contributed by atoms with Crippen molar-refractivity contribution >= 4 is 27.3 Å². The largest absolute Gasteiger partial charge is 0.418 e. The van der Waals surface area contributed by atoms with Gasteiger partial charge in [0.15, 0.2) is 0 Å². The number of hydrogen-bond donors (Lipinski definition) is 2. The molecular formula is C15H14BrF3N2. The van der Waals surface area contributed by atoms with Crippen molar-refractivity contribution in [2.75, 3.05) is 11.1 Å². The molecule has 2 aromatic carbocycles. The molecule has 3 N–H and O–H groups in total. The second-order valence-corrected chi connectivity index (χ2v) is 5.63. The van der Waals surface area contributed by atoms with Crippen LogP contribution in [0.1, 0.15) is 24.1 Å². The molecule has 0 aliphatic heterocycles. The summed E-state index contributed by atoms with van der Waals surface area (Å²) < 4.78 is 39.4. The van der Waals surface area contributed by atoms with E-state index in [9.17, 15) is 13.2 Å². The molecule has 0 aliphatic rings. The predicted octanol–water partition coefficient (Wildman–Crippen LogP) is 5.22. The highest BCUT2D eigenvalue weighted by molar-refractivity contribution is 9.10. The lowest BCUT2D eigenvalue weighted by Gasteiger charge is -2.18. The summed E-state index contributed by atoms with van der Waals surface area (Å²) >= 11 is 3.34. The third-order valence-electron chi connectivity index (χ3n) is 3.11. The Bertz CT molecular complexity index is 624. The molecule has 2 aromatic rings. The van der Waals surface area contributed by atoms with Gasteiger partial charge >= 0.3 is 6.18 Å². The average Bonchev–Trinajstić information content (AvgIpc) is 2.40. The number of anilines is 2. The van der Waals surface area contributed by atoms with Crippen molar-refractivity contribution in [2.45, 2.75) is 19.1 Å². The molecule has 0 aromatic heterocycles. The van der Waals surface area contributed by atoms with E-state index in [0.717, 1.165) is 16.1 Å². The molecule has 0 heterocycles. The van der Waals surface area contributed by atoms with Crippen molar-refractivity contribution in [3.63, 3.8) is 0 Å². The summed E-state index contributed by atoms with van der Waals surface area (Å²) in [5, 5.41) is 3.05. The minimum absolute atomic E-state index is 0.122. The van der Waals surface area contributed by atoms with E-state index in [0.29, 0.717) is 5.69 Å². The average molecular weight is 359 g/mol. The smallest absolute Gasteiger partial charge is 0.398 e. The molecule has 21 heavy (non-hydrogen) atoms. The van der Waals surface area contributed by atoms with Crippen molar-refractivity contribution in [3.05, 3.63) is 58.1 Å². The number of benzene rings is 2. The van der Waals surface area contributed by atoms with E-state index in [4.69, 9.17) is 5.73 Å². The van der Waals surface area contributed by atoms with E-state index < -0.39 is 11.7 Å². The lowest BCUT2D eigenvalue weighted by Crippen LogP contribution is -2.11. The zero-order chi connectivity index (χ0) is 15.6. The van der Waals surface area contributed by atoms with Crippen molar-refractivity contribution in [2.24, 2.45) is 0 Å². The first-order valence-corrected chi connectivity index (χ1v) is 7.05. The molecule has 0 fully saturated rings. The Morgan fingerprint density at radius 2 is 1.71 bits per heavy atom. The summed E-state index contributed by atoms with van der Waals surface area (Å²) in [5.74, 6) is 0. The van der Waals surface area contributed by atoms with Crippen molar-refractivity contribution < 1.29 is 13.2 Å². The highest BCUT2D eigenvalue weighted by Crippen LogP contribution is 2.35. The first kappa shape index (κ1) is 15.7. The van der Waals surface area contributed by atoms with E-state index in [1.165, 1.54) is 6.07 Å². The fraction of sp³-hybridized carbons (Fsp3) is 0.200. The van der Waals surface area contributed by atoms with Gasteiger partial charge in [0.2, 0.25) is 0 Å². The minimum Gasteiger partial charge on any atom is -0.398 e. The predicted molar refractivity (Wildman–Crippen MR) is 82.0 cm³/mol. The summed E-state index contributed by atoms with van der Waals surface area (Å²) in [6, 6.07) is 11.3. The minimum atomic E-state index is -4.46. The van der Waals surface area contributed by atoms with E-state index in [-0.39, 0.29) is 11.7 Å². The van der Waals surface area contributed by atoms with Gasteiger partial charge in [-0.1, -0.05) is 28.1 Å². The van der Waals surface area contributed by atoms with Crippen LogP contribution in [-0.4, -0.2) is 0 Å². The summed E-state index contributed by atoms with van der Waals surface area (Å²) in [4.78, 5) is 0. The number of alkyl halides is 3. The second kappa shape index (κ2) is 5.97. The van der Waals surface area contributed by atoms with Gasteiger partial charge in [-0.3, -0.25) is 0 Å². The van der Waals surface area contributed by atoms with Crippen molar-refractivity contribution in [1.29, 1.82) is 0 Å². The van der Waals surface area contributed by atoms with E-state index in [1.54, 1.807) is 6.07 Å². The van der Waals surface area contributed by atoms with Crippen LogP contribution >= 0.6 is 15.9 Å². The SMILES string of the molecule is CC(Nc1ccc(N)c(C(F)(F)F)c1)c1ccc(Br)cc1. The van der Waals surface area contributed by atoms with Crippen LogP contribution in [0, 0.1) is 0 Å². The van der Waals surface area contributed by atoms with E-state index in [2.05, 4.69) is 21.2 Å². The van der Waals surface area contributed by atoms with E-state index in [1.807, 2.05) is 31.2 Å². The Labute approximate surface area is 129 Å². The highest BCUT2D eigenvalue weighted by atomic mass is 79.9. The molecule has 0 bridgehead atoms. The van der Waals surface area contributed by atoms with Crippen molar-refractivity contribution in [3.8, 4) is 0 Å². The topological polar surface area (TPSA) is 38.0 Å². The van der Waals surface area contributed by atoms with Gasteiger partial charge in [-0.25, -0.2) is 0 Å². The van der Waals surface area contributed by atoms with Crippen LogP contribution in [0.2, 0.25) is 0 Å². The summed E-state index contributed by atoms with van der Waals surface area (Å²) in [6.07, 6.45) is -4.46. The van der Waals surface area contributed by atoms with Crippen LogP contribution in [0.25, 0.3) is 0 Å². The molecule has 0 saturated heterocycles. The van der Waals surface area contributed by atoms with Gasteiger partial charge in [0, 0.05) is 21.9 Å². The maximum Gasteiger partial charge on any atom is 0.418 e. The molecule has 2 rings (SSSR count). The van der Waals surface area contributed by atoms with Crippen LogP contribution in [0.3, 0.4) is 0 Å². The molecule has 0 radical (unpaired) electrons. The molecule has 112 valence electrons. The van der Waals surface area contributed by atoms with Gasteiger partial charge in [-0.2, -0.15) is 13.2 Å². The Kier molecular flexibility index (Phi) is 4.46. The molecule has 0 aliphatic carbocycles. The van der Waals surface area contributed by atoms with Crippen LogP contribution in [0.15, 0.2) is 46.9 Å². The van der Waals surface area contributed by atoms with Gasteiger partial charge in [-0.15, -0.1) is 0 Å². The van der Waals surface area contributed by atoms with Gasteiger partial charge in [-0.05, 0) is 42.8 Å². The first-order valence-electron chi connectivity index (χ1n) is 6.26. The Balaban J connectivity index is 2.21. The van der Waals surface area contributed by atoms with Crippen LogP contribution in [0.4, 0.5) is 24.5 Å². The number of hydrogen-bond acceptors (Lipinski definition) is 2. The Morgan fingerprint density at radius 1 is 1.10 bits per heavy atom. The lowest BCUT2D eigenvalue weighted by atomic mass is 10.1. The van der Waals surface area contributed by atoms with Gasteiger partial charge in [0.05, 0.1) is 5.56 Å². The summed E-state index contributed by atoms with van der Waals surface area (Å²) in [5.41, 5.74) is 5.64. The molecule has 2 nitrogen and oxygen atoms in total. The molecular weight excluding hydrogens is 345 g/mol. The maximum atomic E-state index is 12.8. The standard InChI is InChI=1S/C15H14BrF3N2/c1-9(10-2-4-11(16)5-3-10)21-12-6-7-14(20)13(8-12)15(17,18)19/h2-9,21H,20H2,1H3. The second-order valence-electron chi connectivity index (χ2n) is 4.72. The monoisotopic (exact) mass is 358 g/mol. The quantitative estimate of drug-likeness (QED) is 0.737. The van der Waals surface area contributed by atoms with Crippen LogP contribution in [0.5, 0.6) is 0 Å². The Morgan fingerprint density at radius 3 is 2.29 bits per heavy atom. The van der Waals surface area contributed by atoms with Crippen LogP contribution in [-0.2, 0) is 6.18 Å². The van der Waals surface area contributed by atoms with Gasteiger partial charge in [0.25, 0.3) is 0 Å². The molecule has 0 spiro atoms. The number of nitrogens with one attached hydrogen (secondary N) is 1. The zero-order valence-corrected chi connectivity index (χ0v) is 12.8. The third-order valence-corrected chi connectivity index (χ3v) is 3.64. The number of rotatable bonds is 3. The third kappa shape index (κ3) is 3.91. The summed E-state index contributed by atoms with van der Waals surface area (Å²) in [6.45, 7) is 1.88. The lowest BCUT2D eigenvalue weighted by molar-refractivity contribution is -0.136. The first-order chi connectivity index (χ1) is 9.77. The molecule has 0 saturated carbocycles. The van der Waals surface area contributed by atoms with Crippen molar-refractivity contribution in [1.82, 2.24) is 0 Å². The van der Waals surface area contributed by atoms with Crippen LogP contribution < -0.4 is 11.1 Å². The fourth-order valence-corrected chi connectivity index (χ4v) is 2.24. The molecule has 0 amide bonds. The number of halogens is 4. The highest BCUT2D eigenvalue weighted by Gasteiger charge is 2.33. The normalized spacial score (nSPS) is 13.0. The zero-order valence-electron chi connectivity index (χ0n) is 11.2. The molecule has 6 heteroatoms. The molecule has 1 unspecified atom stereocenters.